The maximum atomic E-state index is 11.7. The molecule has 0 aromatic heterocycles. The monoisotopic (exact) mass is 232 g/mol. The minimum atomic E-state index is -3.03. The maximum absolute atomic E-state index is 11.7. The fourth-order valence-electron chi connectivity index (χ4n) is 2.17. The van der Waals surface area contributed by atoms with Crippen molar-refractivity contribution >= 4 is 10.0 Å². The van der Waals surface area contributed by atoms with E-state index in [1.54, 1.807) is 0 Å². The van der Waals surface area contributed by atoms with Gasteiger partial charge in [-0.2, -0.15) is 0 Å². The molecule has 5 heteroatoms. The molecule has 1 aliphatic carbocycles. The molecule has 88 valence electrons. The van der Waals surface area contributed by atoms with Crippen LogP contribution in [0.2, 0.25) is 0 Å². The van der Waals surface area contributed by atoms with Crippen LogP contribution in [0.25, 0.3) is 0 Å². The highest BCUT2D eigenvalue weighted by Gasteiger charge is 2.24. The summed E-state index contributed by atoms with van der Waals surface area (Å²) in [4.78, 5) is 0. The second-order valence-electron chi connectivity index (χ2n) is 4.79. The molecule has 1 heterocycles. The predicted molar refractivity (Wildman–Crippen MR) is 60.1 cm³/mol. The summed E-state index contributed by atoms with van der Waals surface area (Å²) in [5.41, 5.74) is 0. The molecule has 0 spiro atoms. The normalized spacial score (nSPS) is 27.9. The zero-order valence-electron chi connectivity index (χ0n) is 9.04. The first-order valence-corrected chi connectivity index (χ1v) is 7.49. The summed E-state index contributed by atoms with van der Waals surface area (Å²) in [6, 6.07) is 0. The Morgan fingerprint density at radius 3 is 2.53 bits per heavy atom. The van der Waals surface area contributed by atoms with E-state index in [1.165, 1.54) is 19.3 Å². The molecule has 0 radical (unpaired) electrons. The quantitative estimate of drug-likeness (QED) is 0.717. The Labute approximate surface area is 91.9 Å². The number of rotatable bonds is 5. The van der Waals surface area contributed by atoms with E-state index in [1.807, 2.05) is 0 Å². The molecule has 2 aliphatic rings. The van der Waals surface area contributed by atoms with Gasteiger partial charge in [0, 0.05) is 6.54 Å². The Bertz CT molecular complexity index is 293. The molecule has 1 atom stereocenters. The van der Waals surface area contributed by atoms with Crippen LogP contribution in [0.1, 0.15) is 25.7 Å². The van der Waals surface area contributed by atoms with Gasteiger partial charge in [0.1, 0.15) is 0 Å². The van der Waals surface area contributed by atoms with Gasteiger partial charge in [0.05, 0.1) is 5.75 Å². The minimum absolute atomic E-state index is 0.298. The summed E-state index contributed by atoms with van der Waals surface area (Å²) in [7, 11) is -3.03. The summed E-state index contributed by atoms with van der Waals surface area (Å²) < 4.78 is 26.1. The van der Waals surface area contributed by atoms with Crippen molar-refractivity contribution in [2.75, 3.05) is 25.4 Å². The molecule has 2 fully saturated rings. The van der Waals surface area contributed by atoms with Crippen LogP contribution >= 0.6 is 0 Å². The zero-order chi connectivity index (χ0) is 10.7. The summed E-state index contributed by atoms with van der Waals surface area (Å²) in [6.07, 6.45) is 4.63. The minimum Gasteiger partial charge on any atom is -0.316 e. The fraction of sp³-hybridized carbons (Fsp3) is 1.00. The van der Waals surface area contributed by atoms with Crippen molar-refractivity contribution in [3.63, 3.8) is 0 Å². The number of hydrogen-bond donors (Lipinski definition) is 2. The highest BCUT2D eigenvalue weighted by atomic mass is 32.2. The van der Waals surface area contributed by atoms with E-state index >= 15 is 0 Å². The van der Waals surface area contributed by atoms with Crippen molar-refractivity contribution in [2.45, 2.75) is 25.7 Å². The molecule has 1 saturated carbocycles. The molecule has 1 aliphatic heterocycles. The van der Waals surface area contributed by atoms with E-state index in [4.69, 9.17) is 0 Å². The molecule has 1 unspecified atom stereocenters. The van der Waals surface area contributed by atoms with E-state index in [2.05, 4.69) is 10.0 Å². The van der Waals surface area contributed by atoms with Crippen LogP contribution < -0.4 is 10.0 Å². The molecule has 0 aromatic rings. The topological polar surface area (TPSA) is 58.2 Å². The van der Waals surface area contributed by atoms with E-state index in [-0.39, 0.29) is 0 Å². The highest BCUT2D eigenvalue weighted by Crippen LogP contribution is 2.25. The Morgan fingerprint density at radius 2 is 2.00 bits per heavy atom. The van der Waals surface area contributed by atoms with Gasteiger partial charge in [0.25, 0.3) is 0 Å². The molecule has 1 saturated heterocycles. The lowest BCUT2D eigenvalue weighted by atomic mass is 9.86. The zero-order valence-corrected chi connectivity index (χ0v) is 9.85. The second-order valence-corrected chi connectivity index (χ2v) is 6.64. The fourth-order valence-corrected chi connectivity index (χ4v) is 3.68. The van der Waals surface area contributed by atoms with Crippen LogP contribution in [-0.4, -0.2) is 33.8 Å². The Morgan fingerprint density at radius 1 is 1.20 bits per heavy atom. The Kier molecular flexibility index (Phi) is 3.64. The number of nitrogens with one attached hydrogen (secondary N) is 2. The van der Waals surface area contributed by atoms with Gasteiger partial charge in [-0.15, -0.1) is 0 Å². The highest BCUT2D eigenvalue weighted by molar-refractivity contribution is 7.89. The van der Waals surface area contributed by atoms with Crippen molar-refractivity contribution in [1.82, 2.24) is 10.0 Å². The maximum Gasteiger partial charge on any atom is 0.211 e. The third-order valence-corrected chi connectivity index (χ3v) is 4.95. The smallest absolute Gasteiger partial charge is 0.211 e. The molecule has 4 nitrogen and oxygen atoms in total. The largest absolute Gasteiger partial charge is 0.316 e. The van der Waals surface area contributed by atoms with Crippen LogP contribution in [0.5, 0.6) is 0 Å². The first-order valence-electron chi connectivity index (χ1n) is 5.84. The van der Waals surface area contributed by atoms with Crippen molar-refractivity contribution in [1.29, 1.82) is 0 Å². The summed E-state index contributed by atoms with van der Waals surface area (Å²) in [5.74, 6) is 1.21. The first kappa shape index (κ1) is 11.4. The third-order valence-electron chi connectivity index (χ3n) is 3.43. The average molecular weight is 232 g/mol. The van der Waals surface area contributed by atoms with E-state index < -0.39 is 10.0 Å². The predicted octanol–water partition coefficient (Wildman–Crippen LogP) is 0.315. The SMILES string of the molecule is O=S(=O)(CC1CCNC1)NCC1CCC1. The standard InChI is InChI=1S/C10H20N2O2S/c13-15(14,8-10-4-5-11-6-10)12-7-9-2-1-3-9/h9-12H,1-8H2. The van der Waals surface area contributed by atoms with Crippen LogP contribution in [0, 0.1) is 11.8 Å². The van der Waals surface area contributed by atoms with Crippen LogP contribution in [0.4, 0.5) is 0 Å². The molecule has 2 N–H and O–H groups in total. The van der Waals surface area contributed by atoms with Crippen molar-refractivity contribution in [3.8, 4) is 0 Å². The van der Waals surface area contributed by atoms with Gasteiger partial charge in [-0.3, -0.25) is 0 Å². The molecular formula is C10H20N2O2S. The van der Waals surface area contributed by atoms with Crippen molar-refractivity contribution in [3.05, 3.63) is 0 Å². The molecule has 0 aromatic carbocycles. The van der Waals surface area contributed by atoms with Gasteiger partial charge in [-0.25, -0.2) is 13.1 Å². The van der Waals surface area contributed by atoms with Gasteiger partial charge in [-0.1, -0.05) is 6.42 Å². The first-order chi connectivity index (χ1) is 7.16. The Balaban J connectivity index is 1.72. The van der Waals surface area contributed by atoms with E-state index in [9.17, 15) is 8.42 Å². The van der Waals surface area contributed by atoms with Crippen LogP contribution in [0.15, 0.2) is 0 Å². The molecule has 2 rings (SSSR count). The molecule has 0 amide bonds. The second kappa shape index (κ2) is 4.80. The van der Waals surface area contributed by atoms with Gasteiger partial charge >= 0.3 is 0 Å². The molecule has 15 heavy (non-hydrogen) atoms. The molecular weight excluding hydrogens is 212 g/mol. The third kappa shape index (κ3) is 3.43. The summed E-state index contributed by atoms with van der Waals surface area (Å²) in [6.45, 7) is 2.47. The molecule has 0 bridgehead atoms. The van der Waals surface area contributed by atoms with Gasteiger partial charge < -0.3 is 5.32 Å². The van der Waals surface area contributed by atoms with Crippen molar-refractivity contribution in [2.24, 2.45) is 11.8 Å². The lowest BCUT2D eigenvalue weighted by Gasteiger charge is -2.25. The van der Waals surface area contributed by atoms with Gasteiger partial charge in [0.15, 0.2) is 0 Å². The summed E-state index contributed by atoms with van der Waals surface area (Å²) >= 11 is 0. The van der Waals surface area contributed by atoms with E-state index in [0.717, 1.165) is 19.5 Å². The van der Waals surface area contributed by atoms with E-state index in [0.29, 0.717) is 24.1 Å². The van der Waals surface area contributed by atoms with Crippen LogP contribution in [-0.2, 0) is 10.0 Å². The lowest BCUT2D eigenvalue weighted by molar-refractivity contribution is 0.316. The number of hydrogen-bond acceptors (Lipinski definition) is 3. The average Bonchev–Trinajstić information content (AvgIpc) is 2.52. The summed E-state index contributed by atoms with van der Waals surface area (Å²) in [5, 5.41) is 3.19. The van der Waals surface area contributed by atoms with Gasteiger partial charge in [0.2, 0.25) is 10.0 Å². The van der Waals surface area contributed by atoms with Gasteiger partial charge in [-0.05, 0) is 44.2 Å². The number of sulfonamides is 1. The van der Waals surface area contributed by atoms with Crippen molar-refractivity contribution < 1.29 is 8.42 Å². The lowest BCUT2D eigenvalue weighted by Crippen LogP contribution is -2.35. The van der Waals surface area contributed by atoms with Crippen LogP contribution in [0.3, 0.4) is 0 Å². The Hall–Kier alpha value is -0.130.